The molecule has 2 N–H and O–H groups in total. The summed E-state index contributed by atoms with van der Waals surface area (Å²) in [6, 6.07) is 6.06. The quantitative estimate of drug-likeness (QED) is 0.801. The van der Waals surface area contributed by atoms with Gasteiger partial charge in [0.15, 0.2) is 0 Å². The third-order valence-electron chi connectivity index (χ3n) is 3.28. The molecule has 0 aliphatic heterocycles. The minimum atomic E-state index is 0.923. The van der Waals surface area contributed by atoms with Gasteiger partial charge >= 0.3 is 0 Å². The summed E-state index contributed by atoms with van der Waals surface area (Å²) >= 11 is 3.56. The number of aryl methyl sites for hydroxylation is 1. The summed E-state index contributed by atoms with van der Waals surface area (Å²) in [5, 5.41) is 1.07. The average molecular weight is 277 g/mol. The molecule has 2 aromatic rings. The van der Waals surface area contributed by atoms with Crippen LogP contribution in [0.5, 0.6) is 0 Å². The van der Waals surface area contributed by atoms with E-state index in [1.165, 1.54) is 24.1 Å². The number of nitrogen functional groups attached to an aromatic ring is 1. The van der Waals surface area contributed by atoms with Crippen molar-refractivity contribution in [2.75, 3.05) is 5.73 Å². The molecule has 0 unspecified atom stereocenters. The Kier molecular flexibility index (Phi) is 2.36. The van der Waals surface area contributed by atoms with E-state index in [0.29, 0.717) is 0 Å². The first-order valence-electron chi connectivity index (χ1n) is 5.63. The van der Waals surface area contributed by atoms with Crippen LogP contribution < -0.4 is 5.73 Å². The first-order valence-corrected chi connectivity index (χ1v) is 6.42. The molecule has 16 heavy (non-hydrogen) atoms. The molecule has 3 rings (SSSR count). The smallest absolute Gasteiger partial charge is 0.0737 e. The molecule has 0 saturated heterocycles. The van der Waals surface area contributed by atoms with Crippen LogP contribution in [-0.4, -0.2) is 4.98 Å². The number of hydrogen-bond donors (Lipinski definition) is 1. The van der Waals surface area contributed by atoms with Gasteiger partial charge in [-0.15, -0.1) is 0 Å². The SMILES string of the molecule is Nc1c2c(nc3cccc(Br)c13)CCCC2. The van der Waals surface area contributed by atoms with Gasteiger partial charge in [-0.2, -0.15) is 0 Å². The second-order valence-electron chi connectivity index (χ2n) is 4.29. The predicted molar refractivity (Wildman–Crippen MR) is 70.5 cm³/mol. The molecule has 0 atom stereocenters. The van der Waals surface area contributed by atoms with Crippen molar-refractivity contribution >= 4 is 32.5 Å². The molecule has 82 valence electrons. The number of rotatable bonds is 0. The van der Waals surface area contributed by atoms with Crippen molar-refractivity contribution in [2.24, 2.45) is 0 Å². The summed E-state index contributed by atoms with van der Waals surface area (Å²) in [7, 11) is 0. The van der Waals surface area contributed by atoms with E-state index in [9.17, 15) is 0 Å². The second kappa shape index (κ2) is 3.74. The Labute approximate surface area is 103 Å². The zero-order valence-corrected chi connectivity index (χ0v) is 10.5. The molecule has 2 nitrogen and oxygen atoms in total. The number of halogens is 1. The fourth-order valence-corrected chi connectivity index (χ4v) is 3.04. The maximum atomic E-state index is 6.27. The number of hydrogen-bond acceptors (Lipinski definition) is 2. The van der Waals surface area contributed by atoms with E-state index in [-0.39, 0.29) is 0 Å². The third-order valence-corrected chi connectivity index (χ3v) is 3.94. The Morgan fingerprint density at radius 2 is 2.00 bits per heavy atom. The van der Waals surface area contributed by atoms with Crippen LogP contribution in [0, 0.1) is 0 Å². The number of pyridine rings is 1. The molecule has 1 heterocycles. The number of nitrogens with zero attached hydrogens (tertiary/aromatic N) is 1. The zero-order valence-electron chi connectivity index (χ0n) is 8.96. The molecule has 0 radical (unpaired) electrons. The Morgan fingerprint density at radius 3 is 2.88 bits per heavy atom. The fourth-order valence-electron chi connectivity index (χ4n) is 2.47. The van der Waals surface area contributed by atoms with Crippen LogP contribution in [0.4, 0.5) is 5.69 Å². The molecule has 0 bridgehead atoms. The average Bonchev–Trinajstić information content (AvgIpc) is 2.29. The lowest BCUT2D eigenvalue weighted by Crippen LogP contribution is -2.09. The molecule has 0 fully saturated rings. The molecular formula is C13H13BrN2. The minimum absolute atomic E-state index is 0.923. The van der Waals surface area contributed by atoms with Gasteiger partial charge in [-0.25, -0.2) is 0 Å². The van der Waals surface area contributed by atoms with Crippen LogP contribution >= 0.6 is 15.9 Å². The summed E-state index contributed by atoms with van der Waals surface area (Å²) < 4.78 is 1.04. The number of benzene rings is 1. The van der Waals surface area contributed by atoms with Gasteiger partial charge in [0.1, 0.15) is 0 Å². The van der Waals surface area contributed by atoms with E-state index < -0.39 is 0 Å². The molecule has 1 aliphatic carbocycles. The molecule has 1 aromatic heterocycles. The van der Waals surface area contributed by atoms with E-state index in [4.69, 9.17) is 10.7 Å². The highest BCUT2D eigenvalue weighted by Crippen LogP contribution is 2.34. The normalized spacial score (nSPS) is 15.1. The van der Waals surface area contributed by atoms with Crippen LogP contribution in [0.1, 0.15) is 24.1 Å². The van der Waals surface area contributed by atoms with Gasteiger partial charge in [0.2, 0.25) is 0 Å². The number of anilines is 1. The molecule has 0 amide bonds. The Morgan fingerprint density at radius 1 is 1.19 bits per heavy atom. The lowest BCUT2D eigenvalue weighted by Gasteiger charge is -2.18. The Balaban J connectivity index is 2.40. The van der Waals surface area contributed by atoms with Crippen molar-refractivity contribution < 1.29 is 0 Å². The van der Waals surface area contributed by atoms with E-state index in [1.54, 1.807) is 0 Å². The largest absolute Gasteiger partial charge is 0.398 e. The number of fused-ring (bicyclic) bond motifs is 2. The summed E-state index contributed by atoms with van der Waals surface area (Å²) in [6.45, 7) is 0. The highest BCUT2D eigenvalue weighted by molar-refractivity contribution is 9.10. The lowest BCUT2D eigenvalue weighted by molar-refractivity contribution is 0.673. The zero-order chi connectivity index (χ0) is 11.1. The van der Waals surface area contributed by atoms with Crippen molar-refractivity contribution in [2.45, 2.75) is 25.7 Å². The van der Waals surface area contributed by atoms with Gasteiger partial charge < -0.3 is 5.73 Å². The standard InChI is InChI=1S/C13H13BrN2/c14-9-5-3-7-11-12(9)13(15)8-4-1-2-6-10(8)16-11/h3,5,7H,1-2,4,6H2,(H2,15,16). The molecule has 0 saturated carbocycles. The Hall–Kier alpha value is -1.09. The van der Waals surface area contributed by atoms with E-state index in [2.05, 4.69) is 15.9 Å². The van der Waals surface area contributed by atoms with Crippen molar-refractivity contribution in [3.05, 3.63) is 33.9 Å². The molecule has 1 aromatic carbocycles. The van der Waals surface area contributed by atoms with Gasteiger partial charge in [0.05, 0.1) is 5.52 Å². The molecular weight excluding hydrogens is 264 g/mol. The van der Waals surface area contributed by atoms with E-state index >= 15 is 0 Å². The predicted octanol–water partition coefficient (Wildman–Crippen LogP) is 3.46. The van der Waals surface area contributed by atoms with Gasteiger partial charge in [-0.3, -0.25) is 4.98 Å². The molecule has 3 heteroatoms. The Bertz CT molecular complexity index is 563. The van der Waals surface area contributed by atoms with Gasteiger partial charge in [0.25, 0.3) is 0 Å². The van der Waals surface area contributed by atoms with Crippen molar-refractivity contribution in [1.82, 2.24) is 4.98 Å². The van der Waals surface area contributed by atoms with Crippen LogP contribution in [0.3, 0.4) is 0 Å². The number of nitrogens with two attached hydrogens (primary N) is 1. The van der Waals surface area contributed by atoms with Crippen LogP contribution in [-0.2, 0) is 12.8 Å². The highest BCUT2D eigenvalue weighted by Gasteiger charge is 2.17. The van der Waals surface area contributed by atoms with Gasteiger partial charge in [0, 0.05) is 21.2 Å². The summed E-state index contributed by atoms with van der Waals surface area (Å²) in [4.78, 5) is 4.73. The maximum absolute atomic E-state index is 6.27. The lowest BCUT2D eigenvalue weighted by atomic mass is 9.93. The van der Waals surface area contributed by atoms with E-state index in [0.717, 1.165) is 33.9 Å². The van der Waals surface area contributed by atoms with Gasteiger partial charge in [-0.1, -0.05) is 22.0 Å². The first kappa shape index (κ1) is 10.1. The molecule has 1 aliphatic rings. The minimum Gasteiger partial charge on any atom is -0.398 e. The van der Waals surface area contributed by atoms with Crippen LogP contribution in [0.2, 0.25) is 0 Å². The number of aromatic nitrogens is 1. The van der Waals surface area contributed by atoms with Crippen LogP contribution in [0.15, 0.2) is 22.7 Å². The first-order chi connectivity index (χ1) is 7.77. The fraction of sp³-hybridized carbons (Fsp3) is 0.308. The van der Waals surface area contributed by atoms with Crippen molar-refractivity contribution in [3.63, 3.8) is 0 Å². The van der Waals surface area contributed by atoms with Crippen molar-refractivity contribution in [1.29, 1.82) is 0 Å². The van der Waals surface area contributed by atoms with Gasteiger partial charge in [-0.05, 0) is 43.4 Å². The highest BCUT2D eigenvalue weighted by atomic mass is 79.9. The summed E-state index contributed by atoms with van der Waals surface area (Å²) in [5.74, 6) is 0. The molecule has 0 spiro atoms. The summed E-state index contributed by atoms with van der Waals surface area (Å²) in [5.41, 5.74) is 10.7. The van der Waals surface area contributed by atoms with E-state index in [1.807, 2.05) is 18.2 Å². The third kappa shape index (κ3) is 1.42. The van der Waals surface area contributed by atoms with Crippen molar-refractivity contribution in [3.8, 4) is 0 Å². The van der Waals surface area contributed by atoms with Crippen LogP contribution in [0.25, 0.3) is 10.9 Å². The monoisotopic (exact) mass is 276 g/mol. The second-order valence-corrected chi connectivity index (χ2v) is 5.15. The summed E-state index contributed by atoms with van der Waals surface area (Å²) in [6.07, 6.45) is 4.61. The topological polar surface area (TPSA) is 38.9 Å². The maximum Gasteiger partial charge on any atom is 0.0737 e.